The third-order valence-electron chi connectivity index (χ3n) is 4.05. The molecule has 1 fully saturated rings. The van der Waals surface area contributed by atoms with E-state index in [0.717, 1.165) is 24.9 Å². The predicted molar refractivity (Wildman–Crippen MR) is 82.0 cm³/mol. The van der Waals surface area contributed by atoms with Crippen molar-refractivity contribution in [3.05, 3.63) is 22.7 Å². The van der Waals surface area contributed by atoms with Gasteiger partial charge in [0.2, 0.25) is 11.7 Å². The minimum atomic E-state index is 0.241. The van der Waals surface area contributed by atoms with Gasteiger partial charge in [-0.2, -0.15) is 16.3 Å². The highest BCUT2D eigenvalue weighted by atomic mass is 32.1. The molecule has 0 spiro atoms. The molecule has 0 bridgehead atoms. The summed E-state index contributed by atoms with van der Waals surface area (Å²) in [6.45, 7) is 1.97. The van der Waals surface area contributed by atoms with Gasteiger partial charge in [-0.15, -0.1) is 0 Å². The Morgan fingerprint density at radius 3 is 3.14 bits per heavy atom. The van der Waals surface area contributed by atoms with Crippen molar-refractivity contribution in [3.8, 4) is 11.4 Å². The van der Waals surface area contributed by atoms with Crippen LogP contribution in [0.15, 0.2) is 21.3 Å². The lowest BCUT2D eigenvalue weighted by Crippen LogP contribution is -2.35. The van der Waals surface area contributed by atoms with Gasteiger partial charge in [-0.1, -0.05) is 18.0 Å². The molecule has 0 radical (unpaired) electrons. The van der Waals surface area contributed by atoms with E-state index in [1.54, 1.807) is 11.3 Å². The van der Waals surface area contributed by atoms with Crippen molar-refractivity contribution in [2.75, 3.05) is 13.2 Å². The summed E-state index contributed by atoms with van der Waals surface area (Å²) in [7, 11) is 0. The van der Waals surface area contributed by atoms with Gasteiger partial charge in [0.25, 0.3) is 0 Å². The number of aliphatic hydroxyl groups is 1. The van der Waals surface area contributed by atoms with Crippen LogP contribution in [-0.2, 0) is 6.54 Å². The standard InChI is InChI=1S/C15H21N3O2S/c19-8-5-13-4-2-1-3-7-18(13)10-14-16-15(17-20-14)12-6-9-21-11-12/h6,9,11,13,19H,1-5,7-8,10H2. The van der Waals surface area contributed by atoms with E-state index in [-0.39, 0.29) is 6.61 Å². The van der Waals surface area contributed by atoms with Gasteiger partial charge in [0.15, 0.2) is 0 Å². The second-order valence-electron chi connectivity index (χ2n) is 5.51. The maximum atomic E-state index is 9.25. The molecule has 5 nitrogen and oxygen atoms in total. The third-order valence-corrected chi connectivity index (χ3v) is 4.73. The van der Waals surface area contributed by atoms with Crippen LogP contribution in [0.5, 0.6) is 0 Å². The van der Waals surface area contributed by atoms with E-state index in [1.807, 2.05) is 16.8 Å². The van der Waals surface area contributed by atoms with Gasteiger partial charge in [-0.25, -0.2) is 0 Å². The number of thiophene rings is 1. The Kier molecular flexibility index (Phi) is 5.00. The minimum Gasteiger partial charge on any atom is -0.396 e. The number of rotatable bonds is 5. The molecule has 1 unspecified atom stereocenters. The minimum absolute atomic E-state index is 0.241. The van der Waals surface area contributed by atoms with Crippen LogP contribution in [0, 0.1) is 0 Å². The molecule has 0 aliphatic carbocycles. The fourth-order valence-corrected chi connectivity index (χ4v) is 3.56. The predicted octanol–water partition coefficient (Wildman–Crippen LogP) is 2.93. The molecule has 3 heterocycles. The lowest BCUT2D eigenvalue weighted by atomic mass is 10.1. The molecule has 0 saturated carbocycles. The molecule has 21 heavy (non-hydrogen) atoms. The summed E-state index contributed by atoms with van der Waals surface area (Å²) in [6, 6.07) is 2.42. The molecule has 3 rings (SSSR count). The van der Waals surface area contributed by atoms with Crippen LogP contribution in [0.4, 0.5) is 0 Å². The Balaban J connectivity index is 1.69. The van der Waals surface area contributed by atoms with Gasteiger partial charge in [-0.05, 0) is 37.3 Å². The summed E-state index contributed by atoms with van der Waals surface area (Å²) < 4.78 is 5.40. The van der Waals surface area contributed by atoms with Crippen molar-refractivity contribution in [3.63, 3.8) is 0 Å². The molecule has 0 aromatic carbocycles. The van der Waals surface area contributed by atoms with Crippen LogP contribution in [0.2, 0.25) is 0 Å². The van der Waals surface area contributed by atoms with Gasteiger partial charge >= 0.3 is 0 Å². The summed E-state index contributed by atoms with van der Waals surface area (Å²) >= 11 is 1.63. The Morgan fingerprint density at radius 2 is 2.33 bits per heavy atom. The van der Waals surface area contributed by atoms with Crippen LogP contribution in [0.3, 0.4) is 0 Å². The highest BCUT2D eigenvalue weighted by molar-refractivity contribution is 7.08. The van der Waals surface area contributed by atoms with Gasteiger partial charge in [0, 0.05) is 23.6 Å². The van der Waals surface area contributed by atoms with Gasteiger partial charge < -0.3 is 9.63 Å². The Hall–Kier alpha value is -1.24. The zero-order chi connectivity index (χ0) is 14.5. The summed E-state index contributed by atoms with van der Waals surface area (Å²) in [5.74, 6) is 1.33. The highest BCUT2D eigenvalue weighted by Gasteiger charge is 2.22. The molecule has 1 aliphatic rings. The third kappa shape index (κ3) is 3.70. The van der Waals surface area contributed by atoms with Crippen LogP contribution < -0.4 is 0 Å². The van der Waals surface area contributed by atoms with Crippen molar-refractivity contribution in [2.24, 2.45) is 0 Å². The second kappa shape index (κ2) is 7.15. The molecule has 1 aliphatic heterocycles. The van der Waals surface area contributed by atoms with Crippen LogP contribution in [0.25, 0.3) is 11.4 Å². The molecule has 0 amide bonds. The number of likely N-dealkylation sites (tertiary alicyclic amines) is 1. The van der Waals surface area contributed by atoms with Crippen molar-refractivity contribution in [1.29, 1.82) is 0 Å². The van der Waals surface area contributed by atoms with Gasteiger partial charge in [0.05, 0.1) is 6.54 Å². The van der Waals surface area contributed by atoms with Crippen molar-refractivity contribution in [2.45, 2.75) is 44.7 Å². The van der Waals surface area contributed by atoms with E-state index in [1.165, 1.54) is 19.3 Å². The van der Waals surface area contributed by atoms with Crippen LogP contribution >= 0.6 is 11.3 Å². The molecule has 1 atom stereocenters. The van der Waals surface area contributed by atoms with E-state index in [0.29, 0.717) is 24.3 Å². The largest absolute Gasteiger partial charge is 0.396 e. The Bertz CT molecular complexity index is 541. The van der Waals surface area contributed by atoms with E-state index >= 15 is 0 Å². The first-order chi connectivity index (χ1) is 10.4. The monoisotopic (exact) mass is 307 g/mol. The number of aliphatic hydroxyl groups excluding tert-OH is 1. The Labute approximate surface area is 128 Å². The smallest absolute Gasteiger partial charge is 0.241 e. The molecule has 1 N–H and O–H groups in total. The number of nitrogens with zero attached hydrogens (tertiary/aromatic N) is 3. The van der Waals surface area contributed by atoms with Crippen LogP contribution in [0.1, 0.15) is 38.0 Å². The SMILES string of the molecule is OCCC1CCCCCN1Cc1nc(-c2ccsc2)no1. The second-order valence-corrected chi connectivity index (χ2v) is 6.29. The average molecular weight is 307 g/mol. The topological polar surface area (TPSA) is 62.4 Å². The molecule has 2 aromatic heterocycles. The van der Waals surface area contributed by atoms with Gasteiger partial charge in [-0.3, -0.25) is 4.90 Å². The quantitative estimate of drug-likeness (QED) is 0.920. The zero-order valence-corrected chi connectivity index (χ0v) is 12.9. The summed E-state index contributed by atoms with van der Waals surface area (Å²) in [5.41, 5.74) is 1.01. The zero-order valence-electron chi connectivity index (χ0n) is 12.1. The Morgan fingerprint density at radius 1 is 1.38 bits per heavy atom. The molecule has 114 valence electrons. The van der Waals surface area contributed by atoms with Crippen LogP contribution in [-0.4, -0.2) is 39.3 Å². The average Bonchev–Trinajstić information content (AvgIpc) is 3.11. The lowest BCUT2D eigenvalue weighted by molar-refractivity contribution is 0.137. The summed E-state index contributed by atoms with van der Waals surface area (Å²) in [5, 5.41) is 17.3. The summed E-state index contributed by atoms with van der Waals surface area (Å²) in [6.07, 6.45) is 5.68. The van der Waals surface area contributed by atoms with Crippen molar-refractivity contribution >= 4 is 11.3 Å². The highest BCUT2D eigenvalue weighted by Crippen LogP contribution is 2.23. The summed E-state index contributed by atoms with van der Waals surface area (Å²) in [4.78, 5) is 6.88. The first-order valence-corrected chi connectivity index (χ1v) is 8.51. The van der Waals surface area contributed by atoms with Crippen molar-refractivity contribution < 1.29 is 9.63 Å². The number of hydrogen-bond donors (Lipinski definition) is 1. The first-order valence-electron chi connectivity index (χ1n) is 7.57. The lowest BCUT2D eigenvalue weighted by Gasteiger charge is -2.27. The van der Waals surface area contributed by atoms with E-state index in [2.05, 4.69) is 15.0 Å². The number of hydrogen-bond acceptors (Lipinski definition) is 6. The number of aromatic nitrogens is 2. The fraction of sp³-hybridized carbons (Fsp3) is 0.600. The molecule has 6 heteroatoms. The van der Waals surface area contributed by atoms with Gasteiger partial charge in [0.1, 0.15) is 0 Å². The fourth-order valence-electron chi connectivity index (χ4n) is 2.92. The molecular weight excluding hydrogens is 286 g/mol. The van der Waals surface area contributed by atoms with E-state index in [4.69, 9.17) is 4.52 Å². The maximum Gasteiger partial charge on any atom is 0.241 e. The van der Waals surface area contributed by atoms with E-state index in [9.17, 15) is 5.11 Å². The normalized spacial score (nSPS) is 20.5. The molecule has 2 aromatic rings. The molecule has 1 saturated heterocycles. The van der Waals surface area contributed by atoms with Crippen molar-refractivity contribution in [1.82, 2.24) is 15.0 Å². The maximum absolute atomic E-state index is 9.25. The first kappa shape index (κ1) is 14.7. The van der Waals surface area contributed by atoms with E-state index < -0.39 is 0 Å². The molecular formula is C15H21N3O2S.